The van der Waals surface area contributed by atoms with Gasteiger partial charge in [0.05, 0.1) is 7.11 Å². The molecule has 1 unspecified atom stereocenters. The summed E-state index contributed by atoms with van der Waals surface area (Å²) >= 11 is 7.36. The minimum absolute atomic E-state index is 0.287. The highest BCUT2D eigenvalue weighted by molar-refractivity contribution is 7.13. The molecule has 30 heavy (non-hydrogen) atoms. The predicted octanol–water partition coefficient (Wildman–Crippen LogP) is 4.73. The number of thiazole rings is 1. The number of nitrogens with zero attached hydrogens (tertiary/aromatic N) is 3. The number of aryl methyl sites for hydroxylation is 1. The molecule has 2 heterocycles. The summed E-state index contributed by atoms with van der Waals surface area (Å²) in [5.41, 5.74) is 2.07. The van der Waals surface area contributed by atoms with Crippen molar-refractivity contribution < 1.29 is 9.53 Å². The van der Waals surface area contributed by atoms with E-state index >= 15 is 0 Å². The summed E-state index contributed by atoms with van der Waals surface area (Å²) in [5, 5.41) is 6.22. The molecule has 0 saturated carbocycles. The van der Waals surface area contributed by atoms with Crippen molar-refractivity contribution in [3.8, 4) is 16.3 Å². The molecule has 4 rings (SSSR count). The average Bonchev–Trinajstić information content (AvgIpc) is 3.42. The predicted molar refractivity (Wildman–Crippen MR) is 118 cm³/mol. The summed E-state index contributed by atoms with van der Waals surface area (Å²) in [5.74, 6) is 1.08. The molecule has 0 fully saturated rings. The first kappa shape index (κ1) is 20.1. The fraction of sp³-hybridized carbons (Fsp3) is 0.136. The second kappa shape index (κ2) is 8.69. The minimum Gasteiger partial charge on any atom is -0.496 e. The van der Waals surface area contributed by atoms with Crippen LogP contribution in [0.3, 0.4) is 0 Å². The van der Waals surface area contributed by atoms with Gasteiger partial charge < -0.3 is 14.6 Å². The van der Waals surface area contributed by atoms with Gasteiger partial charge in [-0.15, -0.1) is 11.3 Å². The first-order valence-electron chi connectivity index (χ1n) is 9.19. The van der Waals surface area contributed by atoms with E-state index in [4.69, 9.17) is 16.3 Å². The molecule has 1 atom stereocenters. The summed E-state index contributed by atoms with van der Waals surface area (Å²) < 4.78 is 7.38. The standard InChI is InChI=1S/C22H19ClN4O2S/c1-27-12-11-24-20(27)19(16-5-3-4-6-18(16)29-2)26-21(28)17-13-30-22(25-17)14-7-9-15(23)10-8-14/h3-13,19H,1-2H3,(H,26,28). The van der Waals surface area contributed by atoms with Crippen LogP contribution in [0.4, 0.5) is 0 Å². The molecule has 0 aliphatic heterocycles. The van der Waals surface area contributed by atoms with Gasteiger partial charge in [0.15, 0.2) is 0 Å². The van der Waals surface area contributed by atoms with E-state index < -0.39 is 6.04 Å². The molecule has 8 heteroatoms. The Morgan fingerprint density at radius 1 is 1.20 bits per heavy atom. The van der Waals surface area contributed by atoms with Crippen molar-refractivity contribution in [3.05, 3.63) is 88.4 Å². The van der Waals surface area contributed by atoms with E-state index in [-0.39, 0.29) is 5.91 Å². The quantitative estimate of drug-likeness (QED) is 0.472. The Hall–Kier alpha value is -3.16. The Morgan fingerprint density at radius 2 is 1.97 bits per heavy atom. The zero-order valence-electron chi connectivity index (χ0n) is 16.4. The van der Waals surface area contributed by atoms with Crippen molar-refractivity contribution in [3.63, 3.8) is 0 Å². The van der Waals surface area contributed by atoms with Crippen LogP contribution in [0.25, 0.3) is 10.6 Å². The minimum atomic E-state index is -0.491. The lowest BCUT2D eigenvalue weighted by Gasteiger charge is -2.20. The van der Waals surface area contributed by atoms with E-state index in [1.807, 2.05) is 54.2 Å². The van der Waals surface area contributed by atoms with E-state index in [1.54, 1.807) is 30.8 Å². The third kappa shape index (κ3) is 4.08. The fourth-order valence-electron chi connectivity index (χ4n) is 3.15. The molecule has 2 aromatic carbocycles. The van der Waals surface area contributed by atoms with Gasteiger partial charge in [-0.2, -0.15) is 0 Å². The van der Waals surface area contributed by atoms with Gasteiger partial charge in [0.2, 0.25) is 0 Å². The largest absolute Gasteiger partial charge is 0.496 e. The van der Waals surface area contributed by atoms with E-state index in [0.717, 1.165) is 16.1 Å². The molecule has 4 aromatic rings. The smallest absolute Gasteiger partial charge is 0.271 e. The van der Waals surface area contributed by atoms with Crippen LogP contribution in [0.2, 0.25) is 5.02 Å². The first-order valence-corrected chi connectivity index (χ1v) is 10.4. The molecule has 2 aromatic heterocycles. The number of aromatic nitrogens is 3. The van der Waals surface area contributed by atoms with Crippen LogP contribution >= 0.6 is 22.9 Å². The van der Waals surface area contributed by atoms with Crippen molar-refractivity contribution in [1.82, 2.24) is 19.9 Å². The number of amides is 1. The summed E-state index contributed by atoms with van der Waals surface area (Å²) in [4.78, 5) is 22.0. The number of rotatable bonds is 6. The summed E-state index contributed by atoms with van der Waals surface area (Å²) in [7, 11) is 3.49. The average molecular weight is 439 g/mol. The summed E-state index contributed by atoms with van der Waals surface area (Å²) in [6, 6.07) is 14.4. The van der Waals surface area contributed by atoms with E-state index in [9.17, 15) is 4.79 Å². The van der Waals surface area contributed by atoms with Crippen molar-refractivity contribution in [1.29, 1.82) is 0 Å². The molecule has 0 saturated heterocycles. The van der Waals surface area contributed by atoms with Crippen LogP contribution in [-0.2, 0) is 7.05 Å². The molecule has 0 spiro atoms. The third-order valence-corrected chi connectivity index (χ3v) is 5.81. The lowest BCUT2D eigenvalue weighted by molar-refractivity contribution is 0.0936. The van der Waals surface area contributed by atoms with Crippen LogP contribution < -0.4 is 10.1 Å². The lowest BCUT2D eigenvalue weighted by atomic mass is 10.0. The maximum atomic E-state index is 13.1. The number of carbonyl (C=O) groups excluding carboxylic acids is 1. The van der Waals surface area contributed by atoms with Gasteiger partial charge in [-0.05, 0) is 18.2 Å². The van der Waals surface area contributed by atoms with Crippen molar-refractivity contribution in [2.45, 2.75) is 6.04 Å². The normalized spacial score (nSPS) is 11.8. The number of imidazole rings is 1. The van der Waals surface area contributed by atoms with Crippen LogP contribution in [0, 0.1) is 0 Å². The van der Waals surface area contributed by atoms with Gasteiger partial charge in [0, 0.05) is 41.0 Å². The molecule has 0 aliphatic carbocycles. The molecule has 0 bridgehead atoms. The number of methoxy groups -OCH3 is 1. The highest BCUT2D eigenvalue weighted by atomic mass is 35.5. The van der Waals surface area contributed by atoms with Gasteiger partial charge in [0.1, 0.15) is 28.3 Å². The van der Waals surface area contributed by atoms with Gasteiger partial charge in [-0.3, -0.25) is 4.79 Å². The van der Waals surface area contributed by atoms with Crippen LogP contribution in [0.5, 0.6) is 5.75 Å². The molecule has 1 amide bonds. The maximum absolute atomic E-state index is 13.1. The molecule has 0 radical (unpaired) electrons. The van der Waals surface area contributed by atoms with Gasteiger partial charge in [0.25, 0.3) is 5.91 Å². The first-order chi connectivity index (χ1) is 14.6. The molecular formula is C22H19ClN4O2S. The second-order valence-electron chi connectivity index (χ2n) is 6.59. The van der Waals surface area contributed by atoms with E-state index in [2.05, 4.69) is 15.3 Å². The Labute approximate surface area is 183 Å². The Kier molecular flexibility index (Phi) is 5.83. The number of para-hydroxylation sites is 1. The monoisotopic (exact) mass is 438 g/mol. The molecule has 0 aliphatic rings. The molecule has 152 valence electrons. The fourth-order valence-corrected chi connectivity index (χ4v) is 4.08. The number of halogens is 1. The number of hydrogen-bond donors (Lipinski definition) is 1. The Balaban J connectivity index is 1.64. The number of hydrogen-bond acceptors (Lipinski definition) is 5. The topological polar surface area (TPSA) is 69.0 Å². The molecule has 1 N–H and O–H groups in total. The van der Waals surface area contributed by atoms with E-state index in [0.29, 0.717) is 22.3 Å². The van der Waals surface area contributed by atoms with Gasteiger partial charge >= 0.3 is 0 Å². The summed E-state index contributed by atoms with van der Waals surface area (Å²) in [6.45, 7) is 0. The molecular weight excluding hydrogens is 420 g/mol. The maximum Gasteiger partial charge on any atom is 0.271 e. The highest BCUT2D eigenvalue weighted by Crippen LogP contribution is 2.30. The SMILES string of the molecule is COc1ccccc1C(NC(=O)c1csc(-c2ccc(Cl)cc2)n1)c1nccn1C. The number of ether oxygens (including phenoxy) is 1. The highest BCUT2D eigenvalue weighted by Gasteiger charge is 2.25. The van der Waals surface area contributed by atoms with Crippen molar-refractivity contribution >= 4 is 28.8 Å². The van der Waals surface area contributed by atoms with Crippen LogP contribution in [0.1, 0.15) is 27.9 Å². The summed E-state index contributed by atoms with van der Waals surface area (Å²) in [6.07, 6.45) is 3.54. The van der Waals surface area contributed by atoms with Crippen LogP contribution in [-0.4, -0.2) is 27.6 Å². The zero-order valence-corrected chi connectivity index (χ0v) is 17.9. The third-order valence-electron chi connectivity index (χ3n) is 4.67. The second-order valence-corrected chi connectivity index (χ2v) is 7.88. The zero-order chi connectivity index (χ0) is 21.1. The number of nitrogens with one attached hydrogen (secondary N) is 1. The van der Waals surface area contributed by atoms with E-state index in [1.165, 1.54) is 11.3 Å². The van der Waals surface area contributed by atoms with Gasteiger partial charge in [-0.1, -0.05) is 41.9 Å². The molecule has 6 nitrogen and oxygen atoms in total. The number of carbonyl (C=O) groups is 1. The lowest BCUT2D eigenvalue weighted by Crippen LogP contribution is -2.31. The van der Waals surface area contributed by atoms with Crippen LogP contribution in [0.15, 0.2) is 66.3 Å². The van der Waals surface area contributed by atoms with Gasteiger partial charge in [-0.25, -0.2) is 9.97 Å². The van der Waals surface area contributed by atoms with Crippen molar-refractivity contribution in [2.24, 2.45) is 7.05 Å². The van der Waals surface area contributed by atoms with Crippen molar-refractivity contribution in [2.75, 3.05) is 7.11 Å². The number of benzene rings is 2. The Bertz CT molecular complexity index is 1170. The Morgan fingerprint density at radius 3 is 2.67 bits per heavy atom.